The molecule has 0 amide bonds. The molecule has 1 aromatic carbocycles. The van der Waals surface area contributed by atoms with Crippen molar-refractivity contribution >= 4 is 5.97 Å². The Balaban J connectivity index is 2.04. The zero-order valence-electron chi connectivity index (χ0n) is 12.7. The number of benzene rings is 1. The van der Waals surface area contributed by atoms with E-state index in [0.29, 0.717) is 11.3 Å². The second kappa shape index (κ2) is 7.82. The normalized spacial score (nSPS) is 30.9. The Hall–Kier alpha value is -1.55. The maximum atomic E-state index is 11.1. The number of hydrogen-bond acceptors (Lipinski definition) is 8. The molecule has 5 N–H and O–H groups in total. The van der Waals surface area contributed by atoms with Gasteiger partial charge in [-0.25, -0.2) is 0 Å². The minimum Gasteiger partial charge on any atom is -0.426 e. The zero-order chi connectivity index (χ0) is 17.0. The predicted octanol–water partition coefficient (Wildman–Crippen LogP) is -1.11. The fourth-order valence-electron chi connectivity index (χ4n) is 2.38. The lowest BCUT2D eigenvalue weighted by atomic mass is 9.98. The highest BCUT2D eigenvalue weighted by molar-refractivity contribution is 5.69. The highest BCUT2D eigenvalue weighted by Gasteiger charge is 2.43. The van der Waals surface area contributed by atoms with Crippen molar-refractivity contribution in [2.75, 3.05) is 6.61 Å². The van der Waals surface area contributed by atoms with E-state index < -0.39 is 43.2 Å². The number of carbonyl (C=O) groups is 1. The highest BCUT2D eigenvalue weighted by atomic mass is 16.6. The van der Waals surface area contributed by atoms with Gasteiger partial charge >= 0.3 is 5.97 Å². The van der Waals surface area contributed by atoms with E-state index in [4.69, 9.17) is 25.1 Å². The molecule has 128 valence electrons. The van der Waals surface area contributed by atoms with Crippen molar-refractivity contribution in [1.82, 2.24) is 0 Å². The second-order valence-corrected chi connectivity index (χ2v) is 5.28. The summed E-state index contributed by atoms with van der Waals surface area (Å²) in [7, 11) is 0. The van der Waals surface area contributed by atoms with Crippen LogP contribution in [0.3, 0.4) is 0 Å². The van der Waals surface area contributed by atoms with Gasteiger partial charge in [-0.05, 0) is 6.07 Å². The first-order chi connectivity index (χ1) is 10.9. The van der Waals surface area contributed by atoms with Crippen LogP contribution in [0.4, 0.5) is 0 Å². The van der Waals surface area contributed by atoms with Crippen molar-refractivity contribution in [2.45, 2.75) is 44.2 Å². The number of ether oxygens (including phenoxy) is 3. The van der Waals surface area contributed by atoms with Crippen LogP contribution in [0.1, 0.15) is 12.5 Å². The van der Waals surface area contributed by atoms with Gasteiger partial charge in [-0.1, -0.05) is 18.2 Å². The summed E-state index contributed by atoms with van der Waals surface area (Å²) >= 11 is 0. The molecule has 1 saturated heterocycles. The van der Waals surface area contributed by atoms with E-state index in [9.17, 15) is 15.0 Å². The smallest absolute Gasteiger partial charge is 0.308 e. The van der Waals surface area contributed by atoms with Gasteiger partial charge in [0, 0.05) is 12.5 Å². The van der Waals surface area contributed by atoms with Crippen molar-refractivity contribution in [2.24, 2.45) is 5.73 Å². The lowest BCUT2D eigenvalue weighted by Gasteiger charge is -2.40. The fraction of sp³-hybridized carbons (Fsp3) is 0.533. The first-order valence-electron chi connectivity index (χ1n) is 7.20. The summed E-state index contributed by atoms with van der Waals surface area (Å²) in [5.74, 6) is -0.120. The van der Waals surface area contributed by atoms with E-state index in [1.54, 1.807) is 24.3 Å². The van der Waals surface area contributed by atoms with E-state index in [1.165, 1.54) is 6.92 Å². The SMILES string of the molecule is CC(=O)Oc1ccccc1CO[C@@H]1C(N)O[C@H](CO)[C@@H](O)[C@@H]1O. The van der Waals surface area contributed by atoms with Crippen LogP contribution in [-0.2, 0) is 20.9 Å². The number of esters is 1. The minimum atomic E-state index is -1.31. The van der Waals surface area contributed by atoms with Crippen molar-refractivity contribution in [1.29, 1.82) is 0 Å². The largest absolute Gasteiger partial charge is 0.426 e. The van der Waals surface area contributed by atoms with Crippen LogP contribution in [0.2, 0.25) is 0 Å². The molecular weight excluding hydrogens is 306 g/mol. The van der Waals surface area contributed by atoms with Gasteiger partial charge in [0.1, 0.15) is 36.4 Å². The van der Waals surface area contributed by atoms with Crippen molar-refractivity contribution in [3.63, 3.8) is 0 Å². The topological polar surface area (TPSA) is 131 Å². The summed E-state index contributed by atoms with van der Waals surface area (Å²) in [5.41, 5.74) is 6.35. The molecule has 1 aromatic rings. The number of hydrogen-bond donors (Lipinski definition) is 4. The zero-order valence-corrected chi connectivity index (χ0v) is 12.7. The first kappa shape index (κ1) is 17.8. The Morgan fingerprint density at radius 2 is 2.00 bits per heavy atom. The first-order valence-corrected chi connectivity index (χ1v) is 7.20. The number of carbonyl (C=O) groups excluding carboxylic acids is 1. The number of aliphatic hydroxyl groups is 3. The van der Waals surface area contributed by atoms with Gasteiger partial charge in [-0.15, -0.1) is 0 Å². The molecule has 2 rings (SSSR count). The van der Waals surface area contributed by atoms with Gasteiger partial charge < -0.3 is 35.3 Å². The number of para-hydroxylation sites is 1. The Labute approximate surface area is 133 Å². The van der Waals surface area contributed by atoms with Crippen LogP contribution in [-0.4, -0.2) is 58.5 Å². The quantitative estimate of drug-likeness (QED) is 0.396. The van der Waals surface area contributed by atoms with Gasteiger partial charge in [-0.2, -0.15) is 0 Å². The summed E-state index contributed by atoms with van der Waals surface area (Å²) in [6.07, 6.45) is -5.58. The van der Waals surface area contributed by atoms with Gasteiger partial charge in [0.25, 0.3) is 0 Å². The van der Waals surface area contributed by atoms with Crippen molar-refractivity contribution < 1.29 is 34.3 Å². The third-order valence-electron chi connectivity index (χ3n) is 3.56. The molecular formula is C15H21NO7. The molecule has 0 spiro atoms. The number of nitrogens with two attached hydrogens (primary N) is 1. The monoisotopic (exact) mass is 327 g/mol. The highest BCUT2D eigenvalue weighted by Crippen LogP contribution is 2.24. The minimum absolute atomic E-state index is 0.00124. The van der Waals surface area contributed by atoms with Gasteiger partial charge in [0.05, 0.1) is 13.2 Å². The molecule has 1 heterocycles. The van der Waals surface area contributed by atoms with Gasteiger partial charge in [0.2, 0.25) is 0 Å². The molecule has 0 radical (unpaired) electrons. The molecule has 1 unspecified atom stereocenters. The Morgan fingerprint density at radius 1 is 1.30 bits per heavy atom. The molecule has 23 heavy (non-hydrogen) atoms. The van der Waals surface area contributed by atoms with Gasteiger partial charge in [0.15, 0.2) is 0 Å². The van der Waals surface area contributed by atoms with Crippen LogP contribution < -0.4 is 10.5 Å². The van der Waals surface area contributed by atoms with Crippen LogP contribution in [0, 0.1) is 0 Å². The summed E-state index contributed by atoms with van der Waals surface area (Å²) in [6.45, 7) is 0.824. The Morgan fingerprint density at radius 3 is 2.65 bits per heavy atom. The Kier molecular flexibility index (Phi) is 6.05. The summed E-state index contributed by atoms with van der Waals surface area (Å²) in [6, 6.07) is 6.77. The van der Waals surface area contributed by atoms with Crippen molar-refractivity contribution in [3.05, 3.63) is 29.8 Å². The molecule has 8 heteroatoms. The average molecular weight is 327 g/mol. The van der Waals surface area contributed by atoms with Crippen molar-refractivity contribution in [3.8, 4) is 5.75 Å². The predicted molar refractivity (Wildman–Crippen MR) is 78.3 cm³/mol. The maximum Gasteiger partial charge on any atom is 0.308 e. The standard InChI is InChI=1S/C15H21NO7/c1-8(18)22-10-5-3-2-4-9(10)7-21-14-13(20)12(19)11(6-17)23-15(14)16/h2-5,11-15,17,19-20H,6-7,16H2,1H3/t11-,12-,13+,14+,15?/m1/s1. The molecule has 1 aliphatic heterocycles. The molecule has 0 aliphatic carbocycles. The van der Waals surface area contributed by atoms with E-state index in [0.717, 1.165) is 0 Å². The summed E-state index contributed by atoms with van der Waals surface area (Å²) < 4.78 is 15.8. The fourth-order valence-corrected chi connectivity index (χ4v) is 2.38. The molecule has 0 aromatic heterocycles. The lowest BCUT2D eigenvalue weighted by molar-refractivity contribution is -0.242. The molecule has 5 atom stereocenters. The van der Waals surface area contributed by atoms with E-state index in [2.05, 4.69) is 0 Å². The third kappa shape index (κ3) is 4.25. The summed E-state index contributed by atoms with van der Waals surface area (Å²) in [5, 5.41) is 29.0. The summed E-state index contributed by atoms with van der Waals surface area (Å²) in [4.78, 5) is 11.1. The molecule has 1 aliphatic rings. The van der Waals surface area contributed by atoms with Gasteiger partial charge in [-0.3, -0.25) is 4.79 Å². The average Bonchev–Trinajstić information content (AvgIpc) is 2.51. The maximum absolute atomic E-state index is 11.1. The molecule has 0 saturated carbocycles. The number of rotatable bonds is 5. The second-order valence-electron chi connectivity index (χ2n) is 5.28. The lowest BCUT2D eigenvalue weighted by Crippen LogP contribution is -2.62. The van der Waals surface area contributed by atoms with E-state index in [1.807, 2.05) is 0 Å². The Bertz CT molecular complexity index is 538. The van der Waals surface area contributed by atoms with Crippen LogP contribution >= 0.6 is 0 Å². The third-order valence-corrected chi connectivity index (χ3v) is 3.56. The van der Waals surface area contributed by atoms with E-state index in [-0.39, 0.29) is 6.61 Å². The van der Waals surface area contributed by atoms with Crippen LogP contribution in [0.5, 0.6) is 5.75 Å². The molecule has 0 bridgehead atoms. The van der Waals surface area contributed by atoms with Crippen LogP contribution in [0.25, 0.3) is 0 Å². The molecule has 1 fully saturated rings. The van der Waals surface area contributed by atoms with E-state index >= 15 is 0 Å². The number of aliphatic hydroxyl groups excluding tert-OH is 3. The van der Waals surface area contributed by atoms with Crippen LogP contribution in [0.15, 0.2) is 24.3 Å². The molecule has 8 nitrogen and oxygen atoms in total.